The monoisotopic (exact) mass is 262 g/mol. The summed E-state index contributed by atoms with van der Waals surface area (Å²) in [4.78, 5) is 6.90. The average Bonchev–Trinajstić information content (AvgIpc) is 2.78. The molecule has 0 radical (unpaired) electrons. The van der Waals surface area contributed by atoms with E-state index < -0.39 is 0 Å². The summed E-state index contributed by atoms with van der Waals surface area (Å²) in [6.45, 7) is 3.32. The Kier molecular flexibility index (Phi) is 3.38. The van der Waals surface area contributed by atoms with E-state index in [9.17, 15) is 4.39 Å². The lowest BCUT2D eigenvalue weighted by Crippen LogP contribution is -2.32. The number of piperidine rings is 1. The van der Waals surface area contributed by atoms with Crippen LogP contribution in [0.3, 0.4) is 0 Å². The highest BCUT2D eigenvalue weighted by molar-refractivity contribution is 5.79. The van der Waals surface area contributed by atoms with Crippen LogP contribution in [0.5, 0.6) is 0 Å². The van der Waals surface area contributed by atoms with Crippen LogP contribution < -0.4 is 10.6 Å². The quantitative estimate of drug-likeness (QED) is 0.921. The van der Waals surface area contributed by atoms with Crippen LogP contribution in [-0.4, -0.2) is 29.2 Å². The zero-order valence-corrected chi connectivity index (χ0v) is 11.0. The second kappa shape index (κ2) is 5.17. The molecular weight excluding hydrogens is 243 g/mol. The molecule has 4 nitrogen and oxygen atoms in total. The maximum absolute atomic E-state index is 13.3. The Balaban J connectivity index is 2.08. The van der Waals surface area contributed by atoms with E-state index in [0.717, 1.165) is 24.6 Å². The normalized spacial score (nSPS) is 16.2. The molecule has 2 aromatic rings. The van der Waals surface area contributed by atoms with Crippen LogP contribution in [0.4, 0.5) is 10.3 Å². The van der Waals surface area contributed by atoms with E-state index in [1.165, 1.54) is 31.4 Å². The van der Waals surface area contributed by atoms with Crippen molar-refractivity contribution in [2.45, 2.75) is 25.8 Å². The number of imidazole rings is 1. The summed E-state index contributed by atoms with van der Waals surface area (Å²) in [6, 6.07) is 4.77. The van der Waals surface area contributed by atoms with Gasteiger partial charge in [-0.25, -0.2) is 9.37 Å². The number of halogens is 1. The molecule has 2 N–H and O–H groups in total. The van der Waals surface area contributed by atoms with Crippen molar-refractivity contribution in [1.29, 1.82) is 0 Å². The molecule has 3 rings (SSSR count). The molecule has 0 bridgehead atoms. The fraction of sp³-hybridized carbons (Fsp3) is 0.500. The third-order valence-electron chi connectivity index (χ3n) is 3.68. The second-order valence-corrected chi connectivity index (χ2v) is 5.03. The summed E-state index contributed by atoms with van der Waals surface area (Å²) in [5.41, 5.74) is 7.38. The lowest BCUT2D eigenvalue weighted by atomic mass is 10.1. The molecule has 0 amide bonds. The van der Waals surface area contributed by atoms with E-state index in [0.29, 0.717) is 18.6 Å². The molecule has 1 fully saturated rings. The number of rotatable bonds is 3. The maximum atomic E-state index is 13.3. The lowest BCUT2D eigenvalue weighted by molar-refractivity contribution is 0.556. The number of nitrogens with zero attached hydrogens (tertiary/aromatic N) is 3. The summed E-state index contributed by atoms with van der Waals surface area (Å²) in [5, 5.41) is 0. The first-order valence-electron chi connectivity index (χ1n) is 6.90. The van der Waals surface area contributed by atoms with Gasteiger partial charge in [-0.05, 0) is 31.4 Å². The van der Waals surface area contributed by atoms with Gasteiger partial charge in [0.2, 0.25) is 5.95 Å². The standard InChI is InChI=1S/C14H19FN4/c15-11-4-5-13-12(10-11)17-14(19(13)9-6-16)18-7-2-1-3-8-18/h4-5,10H,1-3,6-9,16H2. The summed E-state index contributed by atoms with van der Waals surface area (Å²) in [6.07, 6.45) is 3.67. The second-order valence-electron chi connectivity index (χ2n) is 5.03. The topological polar surface area (TPSA) is 47.1 Å². The highest BCUT2D eigenvalue weighted by atomic mass is 19.1. The van der Waals surface area contributed by atoms with Crippen molar-refractivity contribution in [3.63, 3.8) is 0 Å². The van der Waals surface area contributed by atoms with Crippen molar-refractivity contribution in [2.24, 2.45) is 5.73 Å². The first kappa shape index (κ1) is 12.4. The SMILES string of the molecule is NCCn1c(N2CCCCC2)nc2cc(F)ccc21. The number of fused-ring (bicyclic) bond motifs is 1. The van der Waals surface area contributed by atoms with Crippen LogP contribution in [0.15, 0.2) is 18.2 Å². The fourth-order valence-corrected chi connectivity index (χ4v) is 2.78. The zero-order valence-electron chi connectivity index (χ0n) is 11.0. The van der Waals surface area contributed by atoms with Gasteiger partial charge < -0.3 is 15.2 Å². The highest BCUT2D eigenvalue weighted by Gasteiger charge is 2.18. The molecule has 19 heavy (non-hydrogen) atoms. The summed E-state index contributed by atoms with van der Waals surface area (Å²) < 4.78 is 15.4. The van der Waals surface area contributed by atoms with Crippen LogP contribution >= 0.6 is 0 Å². The molecule has 2 heterocycles. The van der Waals surface area contributed by atoms with Gasteiger partial charge in [0, 0.05) is 32.2 Å². The Morgan fingerprint density at radius 3 is 2.74 bits per heavy atom. The highest BCUT2D eigenvalue weighted by Crippen LogP contribution is 2.25. The van der Waals surface area contributed by atoms with Crippen molar-refractivity contribution in [3.05, 3.63) is 24.0 Å². The number of aromatic nitrogens is 2. The molecule has 1 aromatic carbocycles. The summed E-state index contributed by atoms with van der Waals surface area (Å²) in [5.74, 6) is 0.695. The van der Waals surface area contributed by atoms with E-state index in [1.807, 2.05) is 0 Å². The van der Waals surface area contributed by atoms with Crippen molar-refractivity contribution in [1.82, 2.24) is 9.55 Å². The lowest BCUT2D eigenvalue weighted by Gasteiger charge is -2.28. The van der Waals surface area contributed by atoms with Crippen molar-refractivity contribution in [2.75, 3.05) is 24.5 Å². The number of anilines is 1. The van der Waals surface area contributed by atoms with Crippen LogP contribution in [0.1, 0.15) is 19.3 Å². The largest absolute Gasteiger partial charge is 0.342 e. The van der Waals surface area contributed by atoms with E-state index in [2.05, 4.69) is 14.5 Å². The van der Waals surface area contributed by atoms with Crippen molar-refractivity contribution in [3.8, 4) is 0 Å². The number of hydrogen-bond acceptors (Lipinski definition) is 3. The third kappa shape index (κ3) is 2.30. The number of nitrogens with two attached hydrogens (primary N) is 1. The molecule has 0 atom stereocenters. The molecule has 0 spiro atoms. The van der Waals surface area contributed by atoms with Crippen LogP contribution in [-0.2, 0) is 6.54 Å². The zero-order chi connectivity index (χ0) is 13.2. The smallest absolute Gasteiger partial charge is 0.206 e. The van der Waals surface area contributed by atoms with Crippen LogP contribution in [0, 0.1) is 5.82 Å². The fourth-order valence-electron chi connectivity index (χ4n) is 2.78. The summed E-state index contributed by atoms with van der Waals surface area (Å²) >= 11 is 0. The maximum Gasteiger partial charge on any atom is 0.206 e. The molecule has 0 saturated carbocycles. The molecule has 0 unspecified atom stereocenters. The Labute approximate surface area is 112 Å². The minimum Gasteiger partial charge on any atom is -0.342 e. The van der Waals surface area contributed by atoms with Gasteiger partial charge in [0.15, 0.2) is 0 Å². The third-order valence-corrected chi connectivity index (χ3v) is 3.68. The van der Waals surface area contributed by atoms with Gasteiger partial charge >= 0.3 is 0 Å². The van der Waals surface area contributed by atoms with Crippen molar-refractivity contribution >= 4 is 17.0 Å². The molecule has 5 heteroatoms. The molecule has 0 aliphatic carbocycles. The Bertz CT molecular complexity index is 572. The van der Waals surface area contributed by atoms with Crippen molar-refractivity contribution < 1.29 is 4.39 Å². The van der Waals surface area contributed by atoms with Crippen LogP contribution in [0.25, 0.3) is 11.0 Å². The Hall–Kier alpha value is -1.62. The van der Waals surface area contributed by atoms with Gasteiger partial charge in [0.1, 0.15) is 5.82 Å². The number of hydrogen-bond donors (Lipinski definition) is 1. The van der Waals surface area contributed by atoms with Gasteiger partial charge in [-0.15, -0.1) is 0 Å². The molecular formula is C14H19FN4. The van der Waals surface area contributed by atoms with Gasteiger partial charge in [-0.2, -0.15) is 0 Å². The predicted molar refractivity (Wildman–Crippen MR) is 74.8 cm³/mol. The van der Waals surface area contributed by atoms with E-state index >= 15 is 0 Å². The molecule has 1 aromatic heterocycles. The molecule has 1 aliphatic rings. The average molecular weight is 262 g/mol. The van der Waals surface area contributed by atoms with Gasteiger partial charge in [-0.3, -0.25) is 0 Å². The number of benzene rings is 1. The van der Waals surface area contributed by atoms with Gasteiger partial charge in [0.05, 0.1) is 11.0 Å². The van der Waals surface area contributed by atoms with Gasteiger partial charge in [-0.1, -0.05) is 0 Å². The van der Waals surface area contributed by atoms with E-state index in [4.69, 9.17) is 5.73 Å². The summed E-state index contributed by atoms with van der Waals surface area (Å²) in [7, 11) is 0. The van der Waals surface area contributed by atoms with Crippen LogP contribution in [0.2, 0.25) is 0 Å². The Morgan fingerprint density at radius 1 is 1.21 bits per heavy atom. The molecule has 1 saturated heterocycles. The van der Waals surface area contributed by atoms with E-state index in [1.54, 1.807) is 6.07 Å². The first-order chi connectivity index (χ1) is 9.29. The minimum atomic E-state index is -0.241. The predicted octanol–water partition coefficient (Wildman–Crippen LogP) is 2.12. The first-order valence-corrected chi connectivity index (χ1v) is 6.90. The van der Waals surface area contributed by atoms with E-state index in [-0.39, 0.29) is 5.82 Å². The minimum absolute atomic E-state index is 0.241. The van der Waals surface area contributed by atoms with Gasteiger partial charge in [0.25, 0.3) is 0 Å². The molecule has 1 aliphatic heterocycles. The Morgan fingerprint density at radius 2 is 2.00 bits per heavy atom. The molecule has 102 valence electrons.